The van der Waals surface area contributed by atoms with Crippen molar-refractivity contribution >= 4 is 40.2 Å². The van der Waals surface area contributed by atoms with E-state index in [2.05, 4.69) is 0 Å². The summed E-state index contributed by atoms with van der Waals surface area (Å²) in [6.45, 7) is 6.28. The Morgan fingerprint density at radius 3 is 1.77 bits per heavy atom. The van der Waals surface area contributed by atoms with Crippen molar-refractivity contribution in [3.05, 3.63) is 16.0 Å². The van der Waals surface area contributed by atoms with Crippen molar-refractivity contribution in [3.63, 3.8) is 0 Å². The van der Waals surface area contributed by atoms with Gasteiger partial charge in [0.15, 0.2) is 0 Å². The molecule has 0 radical (unpaired) electrons. The molecule has 0 unspecified atom stereocenters. The maximum atomic E-state index is 12.5. The fourth-order valence-corrected chi connectivity index (χ4v) is 3.76. The molecule has 31 heavy (non-hydrogen) atoms. The van der Waals surface area contributed by atoms with Crippen molar-refractivity contribution in [1.82, 2.24) is 0 Å². The molecule has 0 aliphatic rings. The van der Waals surface area contributed by atoms with Crippen LogP contribution in [-0.2, 0) is 39.8 Å². The minimum atomic E-state index is -0.721. The Morgan fingerprint density at radius 2 is 1.32 bits per heavy atom. The number of hydrogen-bond donors (Lipinski definition) is 0. The van der Waals surface area contributed by atoms with Gasteiger partial charge in [0, 0.05) is 5.56 Å². The summed E-state index contributed by atoms with van der Waals surface area (Å²) >= 11 is 0.853. The smallest absolute Gasteiger partial charge is 0.348 e. The van der Waals surface area contributed by atoms with Crippen molar-refractivity contribution in [2.24, 2.45) is 0 Å². The molecular weight excluding hydrogens is 428 g/mol. The molecule has 0 saturated carbocycles. The third-order valence-electron chi connectivity index (χ3n) is 3.73. The molecule has 1 heterocycles. The average Bonchev–Trinajstić information content (AvgIpc) is 3.06. The van der Waals surface area contributed by atoms with E-state index < -0.39 is 23.9 Å². The summed E-state index contributed by atoms with van der Waals surface area (Å²) in [6, 6.07) is 1.97. The third kappa shape index (κ3) is 7.57. The first kappa shape index (κ1) is 25.9. The molecule has 10 nitrogen and oxygen atoms in total. The highest BCUT2D eigenvalue weighted by Crippen LogP contribution is 2.37. The molecule has 0 aliphatic carbocycles. The van der Waals surface area contributed by atoms with Gasteiger partial charge in [-0.15, -0.1) is 11.3 Å². The van der Waals surface area contributed by atoms with Gasteiger partial charge in [0.1, 0.15) is 29.0 Å². The first-order valence-electron chi connectivity index (χ1n) is 9.77. The van der Waals surface area contributed by atoms with Gasteiger partial charge < -0.3 is 23.8 Å². The van der Waals surface area contributed by atoms with Crippen molar-refractivity contribution in [2.75, 3.05) is 44.4 Å². The van der Waals surface area contributed by atoms with Crippen LogP contribution in [0, 0.1) is 11.3 Å². The van der Waals surface area contributed by atoms with Crippen LogP contribution in [-0.4, -0.2) is 63.4 Å². The summed E-state index contributed by atoms with van der Waals surface area (Å²) in [5.74, 6) is -2.61. The number of anilines is 1. The number of esters is 4. The molecule has 0 atom stereocenters. The second kappa shape index (κ2) is 13.2. The van der Waals surface area contributed by atoms with Gasteiger partial charge in [-0.05, 0) is 27.7 Å². The second-order valence-electron chi connectivity index (χ2n) is 5.87. The first-order chi connectivity index (χ1) is 14.8. The van der Waals surface area contributed by atoms with Crippen LogP contribution in [0.5, 0.6) is 0 Å². The predicted molar refractivity (Wildman–Crippen MR) is 111 cm³/mol. The van der Waals surface area contributed by atoms with Crippen LogP contribution < -0.4 is 4.90 Å². The van der Waals surface area contributed by atoms with E-state index in [0.717, 1.165) is 11.3 Å². The Labute approximate surface area is 184 Å². The lowest BCUT2D eigenvalue weighted by Crippen LogP contribution is -2.36. The molecule has 0 fully saturated rings. The normalized spacial score (nSPS) is 10.0. The van der Waals surface area contributed by atoms with Gasteiger partial charge in [0.2, 0.25) is 0 Å². The monoisotopic (exact) mass is 454 g/mol. The Kier molecular flexibility index (Phi) is 11.1. The molecule has 0 N–H and O–H groups in total. The van der Waals surface area contributed by atoms with E-state index in [1.807, 2.05) is 6.07 Å². The highest BCUT2D eigenvalue weighted by Gasteiger charge is 2.30. The molecule has 0 spiro atoms. The van der Waals surface area contributed by atoms with Crippen LogP contribution in [0.25, 0.3) is 0 Å². The summed E-state index contributed by atoms with van der Waals surface area (Å²) in [4.78, 5) is 50.1. The Bertz CT molecular complexity index is 823. The first-order valence-corrected chi connectivity index (χ1v) is 10.6. The average molecular weight is 455 g/mol. The lowest BCUT2D eigenvalue weighted by atomic mass is 10.1. The third-order valence-corrected chi connectivity index (χ3v) is 5.00. The standard InChI is InChI=1S/C20H26N2O8S/c1-5-27-15(23)9-13-14(10-21)19(31-18(13)20(26)30-8-4)22(11-16(24)28-6-2)12-17(25)29-7-3/h5-9,11-12H2,1-4H3. The lowest BCUT2D eigenvalue weighted by molar-refractivity contribution is -0.143. The van der Waals surface area contributed by atoms with E-state index in [1.54, 1.807) is 27.7 Å². The zero-order valence-corrected chi connectivity index (χ0v) is 18.8. The molecule has 1 aromatic heterocycles. The van der Waals surface area contributed by atoms with Crippen molar-refractivity contribution in [1.29, 1.82) is 5.26 Å². The van der Waals surface area contributed by atoms with Gasteiger partial charge in [-0.2, -0.15) is 5.26 Å². The van der Waals surface area contributed by atoms with E-state index in [0.29, 0.717) is 0 Å². The maximum absolute atomic E-state index is 12.5. The van der Waals surface area contributed by atoms with Crippen molar-refractivity contribution in [2.45, 2.75) is 34.1 Å². The van der Waals surface area contributed by atoms with Gasteiger partial charge in [0.05, 0.1) is 38.4 Å². The van der Waals surface area contributed by atoms with Crippen LogP contribution in [0.4, 0.5) is 5.00 Å². The number of carbonyl (C=O) groups excluding carboxylic acids is 4. The highest BCUT2D eigenvalue weighted by atomic mass is 32.1. The fraction of sp³-hybridized carbons (Fsp3) is 0.550. The van der Waals surface area contributed by atoms with Gasteiger partial charge in [-0.1, -0.05) is 0 Å². The summed E-state index contributed by atoms with van der Waals surface area (Å²) in [5.41, 5.74) is 0.104. The summed E-state index contributed by atoms with van der Waals surface area (Å²) in [6.07, 6.45) is -0.339. The van der Waals surface area contributed by atoms with Crippen LogP contribution >= 0.6 is 11.3 Å². The fourth-order valence-electron chi connectivity index (χ4n) is 2.60. The molecule has 1 aromatic rings. The van der Waals surface area contributed by atoms with Crippen molar-refractivity contribution in [3.8, 4) is 6.07 Å². The van der Waals surface area contributed by atoms with E-state index in [9.17, 15) is 24.4 Å². The minimum Gasteiger partial charge on any atom is -0.466 e. The number of nitrogens with zero attached hydrogens (tertiary/aromatic N) is 2. The molecule has 0 amide bonds. The van der Waals surface area contributed by atoms with Gasteiger partial charge in [-0.25, -0.2) is 4.79 Å². The second-order valence-corrected chi connectivity index (χ2v) is 6.87. The Hall–Kier alpha value is -3.13. The summed E-state index contributed by atoms with van der Waals surface area (Å²) < 4.78 is 19.9. The number of thiophene rings is 1. The van der Waals surface area contributed by atoms with Crippen LogP contribution in [0.3, 0.4) is 0 Å². The minimum absolute atomic E-state index is 0.0188. The van der Waals surface area contributed by atoms with Gasteiger partial charge in [-0.3, -0.25) is 14.4 Å². The largest absolute Gasteiger partial charge is 0.466 e. The topological polar surface area (TPSA) is 132 Å². The van der Waals surface area contributed by atoms with Gasteiger partial charge >= 0.3 is 23.9 Å². The van der Waals surface area contributed by atoms with Crippen LogP contribution in [0.15, 0.2) is 0 Å². The Balaban J connectivity index is 3.51. The number of hydrogen-bond acceptors (Lipinski definition) is 11. The molecule has 0 saturated heterocycles. The lowest BCUT2D eigenvalue weighted by Gasteiger charge is -2.21. The van der Waals surface area contributed by atoms with E-state index >= 15 is 0 Å². The zero-order valence-electron chi connectivity index (χ0n) is 18.0. The number of rotatable bonds is 12. The van der Waals surface area contributed by atoms with Gasteiger partial charge in [0.25, 0.3) is 0 Å². The zero-order chi connectivity index (χ0) is 23.4. The molecular formula is C20H26N2O8S. The molecule has 1 rings (SSSR count). The SMILES string of the molecule is CCOC(=O)Cc1c(C(=O)OCC)sc(N(CC(=O)OCC)CC(=O)OCC)c1C#N. The number of nitriles is 1. The molecule has 0 bridgehead atoms. The number of ether oxygens (including phenoxy) is 4. The highest BCUT2D eigenvalue weighted by molar-refractivity contribution is 7.18. The summed E-state index contributed by atoms with van der Waals surface area (Å²) in [5, 5.41) is 9.94. The quantitative estimate of drug-likeness (QED) is 0.340. The maximum Gasteiger partial charge on any atom is 0.348 e. The Morgan fingerprint density at radius 1 is 0.839 bits per heavy atom. The molecule has 0 aromatic carbocycles. The van der Waals surface area contributed by atoms with E-state index in [4.69, 9.17) is 18.9 Å². The molecule has 0 aliphatic heterocycles. The van der Waals surface area contributed by atoms with Crippen LogP contribution in [0.1, 0.15) is 48.5 Å². The van der Waals surface area contributed by atoms with E-state index in [-0.39, 0.29) is 66.9 Å². The number of carbonyl (C=O) groups is 4. The van der Waals surface area contributed by atoms with E-state index in [1.165, 1.54) is 4.90 Å². The van der Waals surface area contributed by atoms with Crippen molar-refractivity contribution < 1.29 is 38.1 Å². The molecule has 170 valence electrons. The van der Waals surface area contributed by atoms with Crippen LogP contribution in [0.2, 0.25) is 0 Å². The summed E-state index contributed by atoms with van der Waals surface area (Å²) in [7, 11) is 0. The molecule has 11 heteroatoms. The predicted octanol–water partition coefficient (Wildman–Crippen LogP) is 1.83.